The Morgan fingerprint density at radius 1 is 1.36 bits per heavy atom. The van der Waals surface area contributed by atoms with E-state index in [2.05, 4.69) is 5.32 Å². The Kier molecular flexibility index (Phi) is 8.64. The minimum Gasteiger partial charge on any atom is -0.466 e. The lowest BCUT2D eigenvalue weighted by molar-refractivity contribution is -0.144. The lowest BCUT2D eigenvalue weighted by atomic mass is 9.95. The van der Waals surface area contributed by atoms with Gasteiger partial charge in [-0.25, -0.2) is 0 Å². The van der Waals surface area contributed by atoms with E-state index < -0.39 is 0 Å². The van der Waals surface area contributed by atoms with Crippen molar-refractivity contribution in [2.75, 3.05) is 19.7 Å². The van der Waals surface area contributed by atoms with Crippen LogP contribution in [0, 0.1) is 5.92 Å². The molecule has 84 valence electrons. The fourth-order valence-electron chi connectivity index (χ4n) is 1.54. The molecule has 0 unspecified atom stereocenters. The van der Waals surface area contributed by atoms with Gasteiger partial charge in [-0.15, -0.1) is 0 Å². The summed E-state index contributed by atoms with van der Waals surface area (Å²) < 4.78 is 4.89. The molecule has 0 radical (unpaired) electrons. The number of piperidine rings is 1. The van der Waals surface area contributed by atoms with Gasteiger partial charge in [-0.05, 0) is 38.8 Å². The summed E-state index contributed by atoms with van der Waals surface area (Å²) in [7, 11) is 0. The Bertz CT molecular complexity index is 142. The van der Waals surface area contributed by atoms with Crippen molar-refractivity contribution in [2.24, 2.45) is 5.92 Å². The number of carbonyl (C=O) groups is 1. The molecule has 1 aliphatic rings. The van der Waals surface area contributed by atoms with Crippen LogP contribution in [0.25, 0.3) is 0 Å². The van der Waals surface area contributed by atoms with Gasteiger partial charge in [0.2, 0.25) is 0 Å². The molecule has 0 atom stereocenters. The second kappa shape index (κ2) is 9.00. The standard InChI is InChI=1S/C9H17NO2.C2H6/c1-2-12-9(11)7-8-3-5-10-6-4-8;1-2/h8,10H,2-7H2,1H3;1-2H3. The van der Waals surface area contributed by atoms with Crippen molar-refractivity contribution in [1.29, 1.82) is 0 Å². The summed E-state index contributed by atoms with van der Waals surface area (Å²) in [6.45, 7) is 8.44. The molecule has 0 aliphatic carbocycles. The van der Waals surface area contributed by atoms with Crippen molar-refractivity contribution in [1.82, 2.24) is 5.32 Å². The Morgan fingerprint density at radius 3 is 2.43 bits per heavy atom. The molecule has 1 N–H and O–H groups in total. The number of esters is 1. The van der Waals surface area contributed by atoms with Gasteiger partial charge >= 0.3 is 5.97 Å². The number of hydrogen-bond acceptors (Lipinski definition) is 3. The predicted molar refractivity (Wildman–Crippen MR) is 58.2 cm³/mol. The zero-order valence-electron chi connectivity index (χ0n) is 9.64. The van der Waals surface area contributed by atoms with E-state index in [0.717, 1.165) is 25.9 Å². The van der Waals surface area contributed by atoms with Gasteiger partial charge in [-0.3, -0.25) is 4.79 Å². The predicted octanol–water partition coefficient (Wildman–Crippen LogP) is 1.97. The summed E-state index contributed by atoms with van der Waals surface area (Å²) in [6, 6.07) is 0. The molecule has 1 rings (SSSR count). The van der Waals surface area contributed by atoms with Gasteiger partial charge in [-0.2, -0.15) is 0 Å². The second-order valence-electron chi connectivity index (χ2n) is 3.20. The summed E-state index contributed by atoms with van der Waals surface area (Å²) in [5.74, 6) is 0.509. The summed E-state index contributed by atoms with van der Waals surface area (Å²) in [6.07, 6.45) is 2.83. The molecule has 0 spiro atoms. The first-order valence-electron chi connectivity index (χ1n) is 5.69. The molecular weight excluding hydrogens is 178 g/mol. The third-order valence-corrected chi connectivity index (χ3v) is 2.22. The van der Waals surface area contributed by atoms with Crippen LogP contribution in [0.2, 0.25) is 0 Å². The molecule has 0 amide bonds. The highest BCUT2D eigenvalue weighted by Gasteiger charge is 2.16. The van der Waals surface area contributed by atoms with E-state index in [-0.39, 0.29) is 5.97 Å². The molecule has 0 aromatic carbocycles. The van der Waals surface area contributed by atoms with Crippen LogP contribution in [-0.4, -0.2) is 25.7 Å². The number of nitrogens with one attached hydrogen (secondary N) is 1. The molecule has 0 saturated carbocycles. The molecule has 0 aromatic heterocycles. The molecule has 14 heavy (non-hydrogen) atoms. The Balaban J connectivity index is 0.000000791. The van der Waals surface area contributed by atoms with Gasteiger partial charge in [0.25, 0.3) is 0 Å². The first-order valence-corrected chi connectivity index (χ1v) is 5.69. The molecule has 3 heteroatoms. The second-order valence-corrected chi connectivity index (χ2v) is 3.20. The van der Waals surface area contributed by atoms with Crippen LogP contribution in [0.3, 0.4) is 0 Å². The number of ether oxygens (including phenoxy) is 1. The third kappa shape index (κ3) is 5.97. The van der Waals surface area contributed by atoms with E-state index in [9.17, 15) is 4.79 Å². The average Bonchev–Trinajstić information content (AvgIpc) is 2.22. The minimum absolute atomic E-state index is 0.0376. The van der Waals surface area contributed by atoms with Crippen molar-refractivity contribution < 1.29 is 9.53 Å². The Labute approximate surface area is 87.2 Å². The van der Waals surface area contributed by atoms with E-state index in [4.69, 9.17) is 4.74 Å². The summed E-state index contributed by atoms with van der Waals surface area (Å²) in [4.78, 5) is 11.1. The molecule has 1 saturated heterocycles. The smallest absolute Gasteiger partial charge is 0.306 e. The summed E-state index contributed by atoms with van der Waals surface area (Å²) in [5.41, 5.74) is 0. The molecule has 1 aliphatic heterocycles. The maximum Gasteiger partial charge on any atom is 0.306 e. The van der Waals surface area contributed by atoms with Crippen LogP contribution in [0.15, 0.2) is 0 Å². The van der Waals surface area contributed by atoms with Crippen molar-refractivity contribution in [2.45, 2.75) is 40.0 Å². The molecular formula is C11H23NO2. The highest BCUT2D eigenvalue weighted by atomic mass is 16.5. The zero-order valence-corrected chi connectivity index (χ0v) is 9.64. The van der Waals surface area contributed by atoms with E-state index in [0.29, 0.717) is 18.9 Å². The van der Waals surface area contributed by atoms with Crippen molar-refractivity contribution in [3.8, 4) is 0 Å². The van der Waals surface area contributed by atoms with Crippen LogP contribution >= 0.6 is 0 Å². The van der Waals surface area contributed by atoms with Crippen LogP contribution in [0.5, 0.6) is 0 Å². The van der Waals surface area contributed by atoms with Crippen molar-refractivity contribution in [3.05, 3.63) is 0 Å². The number of rotatable bonds is 3. The van der Waals surface area contributed by atoms with E-state index in [1.54, 1.807) is 0 Å². The highest BCUT2D eigenvalue weighted by Crippen LogP contribution is 2.16. The van der Waals surface area contributed by atoms with Gasteiger partial charge in [0.15, 0.2) is 0 Å². The quantitative estimate of drug-likeness (QED) is 0.709. The topological polar surface area (TPSA) is 38.3 Å². The molecule has 0 bridgehead atoms. The average molecular weight is 201 g/mol. The maximum absolute atomic E-state index is 11.1. The normalized spacial score (nSPS) is 16.8. The lowest BCUT2D eigenvalue weighted by Crippen LogP contribution is -2.29. The van der Waals surface area contributed by atoms with E-state index in [1.807, 2.05) is 20.8 Å². The SMILES string of the molecule is CC.CCOC(=O)CC1CCNCC1. The first-order chi connectivity index (χ1) is 6.83. The van der Waals surface area contributed by atoms with Crippen LogP contribution in [-0.2, 0) is 9.53 Å². The monoisotopic (exact) mass is 201 g/mol. The zero-order chi connectivity index (χ0) is 10.8. The minimum atomic E-state index is -0.0376. The number of hydrogen-bond donors (Lipinski definition) is 1. The number of carbonyl (C=O) groups excluding carboxylic acids is 1. The largest absolute Gasteiger partial charge is 0.466 e. The molecule has 0 aromatic rings. The summed E-state index contributed by atoms with van der Waals surface area (Å²) >= 11 is 0. The van der Waals surface area contributed by atoms with Gasteiger partial charge < -0.3 is 10.1 Å². The summed E-state index contributed by atoms with van der Waals surface area (Å²) in [5, 5.41) is 3.27. The van der Waals surface area contributed by atoms with Gasteiger partial charge in [0.1, 0.15) is 0 Å². The fourth-order valence-corrected chi connectivity index (χ4v) is 1.54. The van der Waals surface area contributed by atoms with Crippen molar-refractivity contribution in [3.63, 3.8) is 0 Å². The Hall–Kier alpha value is -0.570. The van der Waals surface area contributed by atoms with Crippen LogP contribution in [0.1, 0.15) is 40.0 Å². The van der Waals surface area contributed by atoms with Gasteiger partial charge in [0.05, 0.1) is 6.61 Å². The maximum atomic E-state index is 11.1. The molecule has 3 nitrogen and oxygen atoms in total. The highest BCUT2D eigenvalue weighted by molar-refractivity contribution is 5.69. The molecule has 1 heterocycles. The van der Waals surface area contributed by atoms with Crippen LogP contribution in [0.4, 0.5) is 0 Å². The fraction of sp³-hybridized carbons (Fsp3) is 0.909. The first kappa shape index (κ1) is 13.4. The Morgan fingerprint density at radius 2 is 1.93 bits per heavy atom. The van der Waals surface area contributed by atoms with Crippen molar-refractivity contribution >= 4 is 5.97 Å². The van der Waals surface area contributed by atoms with Crippen LogP contribution < -0.4 is 5.32 Å². The van der Waals surface area contributed by atoms with Gasteiger partial charge in [-0.1, -0.05) is 13.8 Å². The van der Waals surface area contributed by atoms with E-state index >= 15 is 0 Å². The molecule has 1 fully saturated rings. The van der Waals surface area contributed by atoms with E-state index in [1.165, 1.54) is 0 Å². The third-order valence-electron chi connectivity index (χ3n) is 2.22. The van der Waals surface area contributed by atoms with Gasteiger partial charge in [0, 0.05) is 6.42 Å². The lowest BCUT2D eigenvalue weighted by Gasteiger charge is -2.21.